The minimum absolute atomic E-state index is 0.354. The van der Waals surface area contributed by atoms with Gasteiger partial charge in [-0.1, -0.05) is 0 Å². The van der Waals surface area contributed by atoms with E-state index < -0.39 is 0 Å². The smallest absolute Gasteiger partial charge is 0.129 e. The molecule has 0 amide bonds. The number of nitrogens with zero attached hydrogens (tertiary/aromatic N) is 7. The average molecular weight is 440 g/mol. The molecule has 166 valence electrons. The van der Waals surface area contributed by atoms with Crippen LogP contribution in [-0.4, -0.2) is 49.7 Å². The Bertz CT molecular complexity index is 1350. The van der Waals surface area contributed by atoms with Gasteiger partial charge >= 0.3 is 0 Å². The fraction of sp³-hybridized carbons (Fsp3) is 0.360. The molecule has 33 heavy (non-hydrogen) atoms. The summed E-state index contributed by atoms with van der Waals surface area (Å²) in [5, 5.41) is 18.4. The number of rotatable bonds is 4. The van der Waals surface area contributed by atoms with Crippen molar-refractivity contribution in [2.24, 2.45) is 7.05 Å². The molecule has 2 saturated heterocycles. The zero-order valence-corrected chi connectivity index (χ0v) is 18.7. The van der Waals surface area contributed by atoms with Crippen LogP contribution in [0.1, 0.15) is 31.2 Å². The Labute approximate surface area is 192 Å². The first-order chi connectivity index (χ1) is 16.1. The highest BCUT2D eigenvalue weighted by molar-refractivity contribution is 5.87. The number of aromatic nitrogens is 5. The molecule has 2 aliphatic heterocycles. The molecule has 6 heterocycles. The third-order valence-corrected chi connectivity index (χ3v) is 7.12. The molecule has 2 unspecified atom stereocenters. The topological polar surface area (TPSA) is 84.3 Å². The molecular weight excluding hydrogens is 414 g/mol. The molecule has 0 N–H and O–H groups in total. The standard InChI is InChI=1S/C25H25N7O/c1-30-14-19(13-28-30)17-7-23(25-18(10-26)12-29-31(25)15-17)16-3-6-24(27-11-16)32-20-4-5-21(32)9-22(8-20)33-2/h3,6-7,11-15,20-22H,4-5,8-9H2,1-2H3. The maximum atomic E-state index is 9.66. The molecule has 2 aliphatic rings. The Morgan fingerprint density at radius 3 is 2.45 bits per heavy atom. The first-order valence-electron chi connectivity index (χ1n) is 11.3. The summed E-state index contributed by atoms with van der Waals surface area (Å²) >= 11 is 0. The van der Waals surface area contributed by atoms with Gasteiger partial charge in [0.2, 0.25) is 0 Å². The molecular formula is C25H25N7O. The highest BCUT2D eigenvalue weighted by atomic mass is 16.5. The third kappa shape index (κ3) is 3.28. The van der Waals surface area contributed by atoms with Crippen molar-refractivity contribution in [3.63, 3.8) is 0 Å². The Morgan fingerprint density at radius 2 is 1.82 bits per heavy atom. The number of fused-ring (bicyclic) bond motifs is 3. The molecule has 2 fully saturated rings. The number of ether oxygens (including phenoxy) is 1. The number of piperidine rings is 1. The monoisotopic (exact) mass is 439 g/mol. The van der Waals surface area contributed by atoms with Crippen molar-refractivity contribution in [3.05, 3.63) is 54.7 Å². The summed E-state index contributed by atoms with van der Waals surface area (Å²) in [6.07, 6.45) is 14.2. The van der Waals surface area contributed by atoms with Gasteiger partial charge in [-0.2, -0.15) is 15.5 Å². The normalized spacial score (nSPS) is 22.1. The van der Waals surface area contributed by atoms with Gasteiger partial charge in [-0.05, 0) is 43.9 Å². The van der Waals surface area contributed by atoms with E-state index in [4.69, 9.17) is 9.72 Å². The second-order valence-corrected chi connectivity index (χ2v) is 9.03. The summed E-state index contributed by atoms with van der Waals surface area (Å²) < 4.78 is 9.21. The van der Waals surface area contributed by atoms with Crippen molar-refractivity contribution in [3.8, 4) is 28.3 Å². The minimum Gasteiger partial charge on any atom is -0.381 e. The van der Waals surface area contributed by atoms with E-state index in [0.29, 0.717) is 23.8 Å². The predicted molar refractivity (Wildman–Crippen MR) is 125 cm³/mol. The zero-order chi connectivity index (χ0) is 22.5. The van der Waals surface area contributed by atoms with Crippen LogP contribution in [0.2, 0.25) is 0 Å². The summed E-state index contributed by atoms with van der Waals surface area (Å²) in [4.78, 5) is 7.37. The number of hydrogen-bond acceptors (Lipinski definition) is 6. The van der Waals surface area contributed by atoms with Gasteiger partial charge < -0.3 is 9.64 Å². The van der Waals surface area contributed by atoms with Crippen molar-refractivity contribution in [2.75, 3.05) is 12.0 Å². The molecule has 0 aromatic carbocycles. The van der Waals surface area contributed by atoms with Crippen molar-refractivity contribution in [2.45, 2.75) is 43.9 Å². The molecule has 0 spiro atoms. The van der Waals surface area contributed by atoms with E-state index in [9.17, 15) is 5.26 Å². The molecule has 4 aromatic rings. The highest BCUT2D eigenvalue weighted by Gasteiger charge is 2.41. The van der Waals surface area contributed by atoms with Crippen molar-refractivity contribution in [1.82, 2.24) is 24.4 Å². The molecule has 8 heteroatoms. The van der Waals surface area contributed by atoms with Crippen LogP contribution in [0, 0.1) is 11.3 Å². The maximum absolute atomic E-state index is 9.66. The van der Waals surface area contributed by atoms with Gasteiger partial charge in [0.25, 0.3) is 0 Å². The Morgan fingerprint density at radius 1 is 1.00 bits per heavy atom. The molecule has 8 nitrogen and oxygen atoms in total. The van der Waals surface area contributed by atoms with Crippen LogP contribution in [0.15, 0.2) is 49.2 Å². The SMILES string of the molecule is COC1CC2CCC(C1)N2c1ccc(-c2cc(-c3cnn(C)c3)cn3ncc(C#N)c23)cn1. The van der Waals surface area contributed by atoms with E-state index in [1.807, 2.05) is 38.9 Å². The first kappa shape index (κ1) is 19.9. The van der Waals surface area contributed by atoms with Gasteiger partial charge in [-0.25, -0.2) is 9.50 Å². The van der Waals surface area contributed by atoms with E-state index in [2.05, 4.69) is 39.4 Å². The number of anilines is 1. The lowest BCUT2D eigenvalue weighted by atomic mass is 9.99. The number of nitriles is 1. The lowest BCUT2D eigenvalue weighted by Gasteiger charge is -2.39. The third-order valence-electron chi connectivity index (χ3n) is 7.12. The highest BCUT2D eigenvalue weighted by Crippen LogP contribution is 2.40. The van der Waals surface area contributed by atoms with Gasteiger partial charge in [0, 0.05) is 67.1 Å². The molecule has 0 aliphatic carbocycles. The summed E-state index contributed by atoms with van der Waals surface area (Å²) in [7, 11) is 3.72. The number of methoxy groups -OCH3 is 1. The van der Waals surface area contributed by atoms with E-state index in [1.54, 1.807) is 15.4 Å². The largest absolute Gasteiger partial charge is 0.381 e. The fourth-order valence-corrected chi connectivity index (χ4v) is 5.54. The van der Waals surface area contributed by atoms with Gasteiger partial charge in [0.05, 0.1) is 29.6 Å². The molecule has 4 aromatic heterocycles. The minimum atomic E-state index is 0.354. The Balaban J connectivity index is 1.41. The molecule has 2 atom stereocenters. The van der Waals surface area contributed by atoms with Crippen molar-refractivity contribution in [1.29, 1.82) is 5.26 Å². The lowest BCUT2D eigenvalue weighted by Crippen LogP contribution is -2.45. The number of pyridine rings is 2. The van der Waals surface area contributed by atoms with Crippen LogP contribution in [0.5, 0.6) is 0 Å². The van der Waals surface area contributed by atoms with Crippen LogP contribution < -0.4 is 4.90 Å². The van der Waals surface area contributed by atoms with Crippen LogP contribution in [0.3, 0.4) is 0 Å². The maximum Gasteiger partial charge on any atom is 0.129 e. The quantitative estimate of drug-likeness (QED) is 0.481. The fourth-order valence-electron chi connectivity index (χ4n) is 5.54. The number of aryl methyl sites for hydroxylation is 1. The van der Waals surface area contributed by atoms with Crippen LogP contribution in [0.4, 0.5) is 5.82 Å². The van der Waals surface area contributed by atoms with Gasteiger partial charge in [-0.15, -0.1) is 0 Å². The number of hydrogen-bond donors (Lipinski definition) is 0. The summed E-state index contributed by atoms with van der Waals surface area (Å²) in [6.45, 7) is 0. The van der Waals surface area contributed by atoms with Crippen LogP contribution in [0.25, 0.3) is 27.8 Å². The summed E-state index contributed by atoms with van der Waals surface area (Å²) in [5.74, 6) is 1.02. The van der Waals surface area contributed by atoms with Gasteiger partial charge in [0.1, 0.15) is 11.9 Å². The van der Waals surface area contributed by atoms with Gasteiger partial charge in [0.15, 0.2) is 0 Å². The molecule has 0 saturated carbocycles. The Kier molecular flexibility index (Phi) is 4.66. The summed E-state index contributed by atoms with van der Waals surface area (Å²) in [5.41, 5.74) is 5.22. The summed E-state index contributed by atoms with van der Waals surface area (Å²) in [6, 6.07) is 9.59. The lowest BCUT2D eigenvalue weighted by molar-refractivity contribution is 0.0682. The van der Waals surface area contributed by atoms with E-state index in [-0.39, 0.29) is 0 Å². The molecule has 2 bridgehead atoms. The molecule has 0 radical (unpaired) electrons. The van der Waals surface area contributed by atoms with Gasteiger partial charge in [-0.3, -0.25) is 4.68 Å². The average Bonchev–Trinajstić information content (AvgIpc) is 3.53. The second kappa shape index (κ2) is 7.71. The zero-order valence-electron chi connectivity index (χ0n) is 18.7. The van der Waals surface area contributed by atoms with Crippen LogP contribution in [-0.2, 0) is 11.8 Å². The van der Waals surface area contributed by atoms with Crippen LogP contribution >= 0.6 is 0 Å². The Hall–Kier alpha value is -3.70. The van der Waals surface area contributed by atoms with E-state index in [0.717, 1.165) is 46.4 Å². The van der Waals surface area contributed by atoms with Crippen molar-refractivity contribution >= 4 is 11.3 Å². The van der Waals surface area contributed by atoms with E-state index >= 15 is 0 Å². The second-order valence-electron chi connectivity index (χ2n) is 9.03. The van der Waals surface area contributed by atoms with Crippen molar-refractivity contribution < 1.29 is 4.74 Å². The first-order valence-corrected chi connectivity index (χ1v) is 11.3. The molecule has 6 rings (SSSR count). The predicted octanol–water partition coefficient (Wildman–Crippen LogP) is 3.81. The van der Waals surface area contributed by atoms with E-state index in [1.165, 1.54) is 12.8 Å².